The molecule has 1 aliphatic rings. The molecule has 1 saturated heterocycles. The van der Waals surface area contributed by atoms with Crippen LogP contribution in [0.5, 0.6) is 0 Å². The van der Waals surface area contributed by atoms with Gasteiger partial charge in [-0.1, -0.05) is 13.8 Å². The Morgan fingerprint density at radius 2 is 2.44 bits per heavy atom. The van der Waals surface area contributed by atoms with Crippen LogP contribution >= 0.6 is 0 Å². The molecule has 1 heterocycles. The van der Waals surface area contributed by atoms with Crippen molar-refractivity contribution in [3.63, 3.8) is 0 Å². The average Bonchev–Trinajstić information content (AvgIpc) is 2.17. The maximum atomic E-state index is 2.44. The SMILES string of the molecule is CCC=[N+]1CCC(C)C1. The lowest BCUT2D eigenvalue weighted by Gasteiger charge is -1.89. The van der Waals surface area contributed by atoms with Crippen molar-refractivity contribution in [1.29, 1.82) is 0 Å². The molecule has 0 bridgehead atoms. The van der Waals surface area contributed by atoms with Crippen LogP contribution in [0.25, 0.3) is 0 Å². The monoisotopic (exact) mass is 126 g/mol. The topological polar surface area (TPSA) is 3.01 Å². The average molecular weight is 126 g/mol. The number of hydrogen-bond donors (Lipinski definition) is 0. The van der Waals surface area contributed by atoms with Gasteiger partial charge in [0.05, 0.1) is 0 Å². The van der Waals surface area contributed by atoms with E-state index in [-0.39, 0.29) is 0 Å². The van der Waals surface area contributed by atoms with E-state index in [1.54, 1.807) is 0 Å². The van der Waals surface area contributed by atoms with Crippen LogP contribution in [0.15, 0.2) is 0 Å². The zero-order valence-corrected chi connectivity index (χ0v) is 6.43. The van der Waals surface area contributed by atoms with Crippen LogP contribution in [0.4, 0.5) is 0 Å². The minimum Gasteiger partial charge on any atom is -0.239 e. The molecule has 1 rings (SSSR count). The fourth-order valence-electron chi connectivity index (χ4n) is 1.39. The molecule has 1 unspecified atom stereocenters. The molecule has 1 heteroatoms. The Balaban J connectivity index is 2.38. The molecule has 1 nitrogen and oxygen atoms in total. The normalized spacial score (nSPS) is 31.8. The minimum atomic E-state index is 0.924. The summed E-state index contributed by atoms with van der Waals surface area (Å²) in [7, 11) is 0. The first kappa shape index (κ1) is 6.79. The highest BCUT2D eigenvalue weighted by Gasteiger charge is 2.19. The highest BCUT2D eigenvalue weighted by atomic mass is 15.0. The predicted octanol–water partition coefficient (Wildman–Crippen LogP) is 1.52. The van der Waals surface area contributed by atoms with Gasteiger partial charge in [0.25, 0.3) is 0 Å². The number of rotatable bonds is 1. The lowest BCUT2D eigenvalue weighted by Crippen LogP contribution is -2.08. The largest absolute Gasteiger partial charge is 0.239 e. The molecule has 0 N–H and O–H groups in total. The van der Waals surface area contributed by atoms with E-state index in [4.69, 9.17) is 0 Å². The zero-order chi connectivity index (χ0) is 6.69. The van der Waals surface area contributed by atoms with E-state index in [0.717, 1.165) is 5.92 Å². The third-order valence-electron chi connectivity index (χ3n) is 1.90. The van der Waals surface area contributed by atoms with Crippen LogP contribution in [0.3, 0.4) is 0 Å². The van der Waals surface area contributed by atoms with Gasteiger partial charge < -0.3 is 0 Å². The molecule has 52 valence electrons. The maximum Gasteiger partial charge on any atom is 0.145 e. The highest BCUT2D eigenvalue weighted by Crippen LogP contribution is 2.09. The van der Waals surface area contributed by atoms with Gasteiger partial charge in [-0.05, 0) is 0 Å². The fourth-order valence-corrected chi connectivity index (χ4v) is 1.39. The molecular weight excluding hydrogens is 110 g/mol. The van der Waals surface area contributed by atoms with Crippen LogP contribution in [-0.2, 0) is 0 Å². The summed E-state index contributed by atoms with van der Waals surface area (Å²) in [6.45, 7) is 7.09. The summed E-state index contributed by atoms with van der Waals surface area (Å²) >= 11 is 0. The third-order valence-corrected chi connectivity index (χ3v) is 1.90. The van der Waals surface area contributed by atoms with Gasteiger partial charge in [0.15, 0.2) is 0 Å². The summed E-state index contributed by atoms with van der Waals surface area (Å²) < 4.78 is 2.44. The Hall–Kier alpha value is -0.330. The molecule has 0 saturated carbocycles. The maximum absolute atomic E-state index is 2.44. The molecule has 1 atom stereocenters. The first-order valence-corrected chi connectivity index (χ1v) is 3.90. The van der Waals surface area contributed by atoms with Crippen molar-refractivity contribution in [3.05, 3.63) is 0 Å². The highest BCUT2D eigenvalue weighted by molar-refractivity contribution is 5.50. The quantitative estimate of drug-likeness (QED) is 0.469. The van der Waals surface area contributed by atoms with Crippen LogP contribution < -0.4 is 0 Å². The molecule has 1 aliphatic heterocycles. The summed E-state index contributed by atoms with van der Waals surface area (Å²) in [5.74, 6) is 0.924. The van der Waals surface area contributed by atoms with Crippen LogP contribution in [0.1, 0.15) is 26.7 Å². The summed E-state index contributed by atoms with van der Waals surface area (Å²) in [5, 5.41) is 0. The first-order valence-electron chi connectivity index (χ1n) is 3.90. The lowest BCUT2D eigenvalue weighted by molar-refractivity contribution is -0.505. The molecule has 9 heavy (non-hydrogen) atoms. The van der Waals surface area contributed by atoms with E-state index in [1.165, 1.54) is 25.9 Å². The van der Waals surface area contributed by atoms with Crippen molar-refractivity contribution >= 4 is 6.21 Å². The van der Waals surface area contributed by atoms with Gasteiger partial charge in [0, 0.05) is 18.8 Å². The molecular formula is C8H16N+. The summed E-state index contributed by atoms with van der Waals surface area (Å²) in [5.41, 5.74) is 0. The van der Waals surface area contributed by atoms with Gasteiger partial charge in [-0.3, -0.25) is 0 Å². The predicted molar refractivity (Wildman–Crippen MR) is 40.1 cm³/mol. The van der Waals surface area contributed by atoms with Gasteiger partial charge in [-0.2, -0.15) is 0 Å². The lowest BCUT2D eigenvalue weighted by atomic mass is 10.2. The Morgan fingerprint density at radius 3 is 2.89 bits per heavy atom. The smallest absolute Gasteiger partial charge is 0.145 e. The summed E-state index contributed by atoms with van der Waals surface area (Å²) in [6, 6.07) is 0. The van der Waals surface area contributed by atoms with Crippen LogP contribution in [-0.4, -0.2) is 23.9 Å². The zero-order valence-electron chi connectivity index (χ0n) is 6.43. The van der Waals surface area contributed by atoms with Crippen molar-refractivity contribution in [3.8, 4) is 0 Å². The van der Waals surface area contributed by atoms with Crippen molar-refractivity contribution in [2.45, 2.75) is 26.7 Å². The summed E-state index contributed by atoms with van der Waals surface area (Å²) in [4.78, 5) is 0. The molecule has 0 spiro atoms. The Morgan fingerprint density at radius 1 is 1.67 bits per heavy atom. The second-order valence-electron chi connectivity index (χ2n) is 2.98. The molecule has 0 radical (unpaired) electrons. The van der Waals surface area contributed by atoms with Crippen LogP contribution in [0, 0.1) is 5.92 Å². The number of hydrogen-bond acceptors (Lipinski definition) is 0. The van der Waals surface area contributed by atoms with E-state index in [2.05, 4.69) is 24.6 Å². The van der Waals surface area contributed by atoms with E-state index < -0.39 is 0 Å². The molecule has 0 aromatic carbocycles. The van der Waals surface area contributed by atoms with E-state index in [9.17, 15) is 0 Å². The van der Waals surface area contributed by atoms with Gasteiger partial charge in [0.2, 0.25) is 0 Å². The summed E-state index contributed by atoms with van der Waals surface area (Å²) in [6.07, 6.45) is 4.88. The second kappa shape index (κ2) is 3.00. The Labute approximate surface area is 57.4 Å². The van der Waals surface area contributed by atoms with E-state index in [0.29, 0.717) is 0 Å². The van der Waals surface area contributed by atoms with Gasteiger partial charge in [-0.15, -0.1) is 0 Å². The van der Waals surface area contributed by atoms with Crippen molar-refractivity contribution in [2.24, 2.45) is 5.92 Å². The molecule has 0 aromatic heterocycles. The van der Waals surface area contributed by atoms with Crippen molar-refractivity contribution in [1.82, 2.24) is 0 Å². The standard InChI is InChI=1S/C8H16N/c1-3-5-9-6-4-8(2)7-9/h5,8H,3-4,6-7H2,1-2H3/q+1. The first-order chi connectivity index (χ1) is 4.33. The second-order valence-corrected chi connectivity index (χ2v) is 2.98. The fraction of sp³-hybridized carbons (Fsp3) is 0.875. The van der Waals surface area contributed by atoms with Gasteiger partial charge >= 0.3 is 0 Å². The van der Waals surface area contributed by atoms with E-state index in [1.807, 2.05) is 0 Å². The van der Waals surface area contributed by atoms with Crippen molar-refractivity contribution in [2.75, 3.05) is 13.1 Å². The molecule has 0 aliphatic carbocycles. The Bertz CT molecular complexity index is 116. The Kier molecular flexibility index (Phi) is 2.26. The minimum absolute atomic E-state index is 0.924. The molecule has 1 fully saturated rings. The van der Waals surface area contributed by atoms with Gasteiger partial charge in [0.1, 0.15) is 19.3 Å². The molecule has 0 amide bonds. The van der Waals surface area contributed by atoms with Gasteiger partial charge in [-0.25, -0.2) is 4.58 Å². The number of nitrogens with zero attached hydrogens (tertiary/aromatic N) is 1. The molecule has 0 aromatic rings. The van der Waals surface area contributed by atoms with Crippen molar-refractivity contribution < 1.29 is 4.58 Å². The van der Waals surface area contributed by atoms with Crippen LogP contribution in [0.2, 0.25) is 0 Å². The van der Waals surface area contributed by atoms with E-state index >= 15 is 0 Å². The third kappa shape index (κ3) is 1.81.